The van der Waals surface area contributed by atoms with E-state index >= 15 is 0 Å². The molecule has 22 heavy (non-hydrogen) atoms. The molecule has 2 heteroatoms. The molecule has 2 aromatic rings. The van der Waals surface area contributed by atoms with Crippen LogP contribution in [-0.2, 0) is 6.61 Å². The highest BCUT2D eigenvalue weighted by Crippen LogP contribution is 2.29. The first-order valence-corrected chi connectivity index (χ1v) is 7.76. The zero-order valence-electron chi connectivity index (χ0n) is 13.5. The lowest BCUT2D eigenvalue weighted by atomic mass is 9.98. The van der Waals surface area contributed by atoms with Crippen LogP contribution in [0.3, 0.4) is 0 Å². The van der Waals surface area contributed by atoms with Crippen molar-refractivity contribution in [3.63, 3.8) is 0 Å². The third-order valence-electron chi connectivity index (χ3n) is 3.82. The van der Waals surface area contributed by atoms with Crippen molar-refractivity contribution < 1.29 is 4.74 Å². The summed E-state index contributed by atoms with van der Waals surface area (Å²) in [6.45, 7) is 8.50. The van der Waals surface area contributed by atoms with Crippen molar-refractivity contribution in [2.24, 2.45) is 5.73 Å². The number of rotatable bonds is 7. The highest BCUT2D eigenvalue weighted by Gasteiger charge is 2.11. The van der Waals surface area contributed by atoms with Crippen LogP contribution in [0.25, 0.3) is 0 Å². The first-order chi connectivity index (χ1) is 10.6. The summed E-state index contributed by atoms with van der Waals surface area (Å²) < 4.78 is 6.01. The van der Waals surface area contributed by atoms with Crippen LogP contribution in [0.1, 0.15) is 41.1 Å². The maximum atomic E-state index is 6.25. The van der Waals surface area contributed by atoms with E-state index in [9.17, 15) is 0 Å². The van der Waals surface area contributed by atoms with E-state index in [1.807, 2.05) is 24.3 Å². The van der Waals surface area contributed by atoms with Gasteiger partial charge in [0.05, 0.1) is 0 Å². The second-order valence-corrected chi connectivity index (χ2v) is 5.73. The molecule has 0 amide bonds. The van der Waals surface area contributed by atoms with Gasteiger partial charge in [-0.1, -0.05) is 48.5 Å². The Labute approximate surface area is 133 Å². The van der Waals surface area contributed by atoms with Crippen LogP contribution in [-0.4, -0.2) is 0 Å². The standard InChI is InChI=1S/C20H25NO/c1-4-5-11-19(21)18-12-15(2)20(16(3)13-18)22-14-17-9-7-6-8-10-17/h4,6-10,12-13,19H,1,5,11,14,21H2,2-3H3/t19-/m0/s1. The van der Waals surface area contributed by atoms with Gasteiger partial charge in [0.1, 0.15) is 12.4 Å². The minimum absolute atomic E-state index is 0.0542. The van der Waals surface area contributed by atoms with Crippen molar-refractivity contribution in [1.29, 1.82) is 0 Å². The minimum atomic E-state index is 0.0542. The first-order valence-electron chi connectivity index (χ1n) is 7.76. The topological polar surface area (TPSA) is 35.2 Å². The Morgan fingerprint density at radius 1 is 1.14 bits per heavy atom. The summed E-state index contributed by atoms with van der Waals surface area (Å²) in [5.41, 5.74) is 10.9. The van der Waals surface area contributed by atoms with Gasteiger partial charge in [0.2, 0.25) is 0 Å². The fraction of sp³-hybridized carbons (Fsp3) is 0.300. The van der Waals surface area contributed by atoms with Crippen molar-refractivity contribution in [2.75, 3.05) is 0 Å². The summed E-state index contributed by atoms with van der Waals surface area (Å²) in [5, 5.41) is 0. The number of ether oxygens (including phenoxy) is 1. The van der Waals surface area contributed by atoms with Crippen molar-refractivity contribution in [3.05, 3.63) is 77.4 Å². The molecule has 0 heterocycles. The van der Waals surface area contributed by atoms with Crippen LogP contribution in [0.5, 0.6) is 5.75 Å². The molecule has 0 fully saturated rings. The predicted octanol–water partition coefficient (Wildman–Crippen LogP) is 4.85. The van der Waals surface area contributed by atoms with Gasteiger partial charge in [-0.3, -0.25) is 0 Å². The molecule has 0 radical (unpaired) electrons. The minimum Gasteiger partial charge on any atom is -0.488 e. The Bertz CT molecular complexity index is 596. The fourth-order valence-corrected chi connectivity index (χ4v) is 2.62. The van der Waals surface area contributed by atoms with Crippen LogP contribution in [0.15, 0.2) is 55.1 Å². The molecule has 0 aliphatic heterocycles. The van der Waals surface area contributed by atoms with Gasteiger partial charge in [0.15, 0.2) is 0 Å². The predicted molar refractivity (Wildman–Crippen MR) is 93.0 cm³/mol. The lowest BCUT2D eigenvalue weighted by Crippen LogP contribution is -2.11. The second-order valence-electron chi connectivity index (χ2n) is 5.73. The van der Waals surface area contributed by atoms with Gasteiger partial charge in [-0.15, -0.1) is 6.58 Å². The molecule has 0 saturated heterocycles. The Morgan fingerprint density at radius 3 is 2.36 bits per heavy atom. The zero-order valence-corrected chi connectivity index (χ0v) is 13.5. The third-order valence-corrected chi connectivity index (χ3v) is 3.82. The summed E-state index contributed by atoms with van der Waals surface area (Å²) in [5.74, 6) is 0.962. The van der Waals surface area contributed by atoms with Gasteiger partial charge >= 0.3 is 0 Å². The molecule has 0 aliphatic rings. The average Bonchev–Trinajstić information content (AvgIpc) is 2.52. The lowest BCUT2D eigenvalue weighted by Gasteiger charge is -2.17. The van der Waals surface area contributed by atoms with Gasteiger partial charge in [-0.2, -0.15) is 0 Å². The first kappa shape index (κ1) is 16.3. The molecule has 1 atom stereocenters. The molecule has 0 bridgehead atoms. The Hall–Kier alpha value is -2.06. The van der Waals surface area contributed by atoms with E-state index in [-0.39, 0.29) is 6.04 Å². The normalized spacial score (nSPS) is 12.0. The van der Waals surface area contributed by atoms with E-state index in [0.29, 0.717) is 6.61 Å². The molecule has 0 aliphatic carbocycles. The molecule has 0 spiro atoms. The highest BCUT2D eigenvalue weighted by atomic mass is 16.5. The van der Waals surface area contributed by atoms with Gasteiger partial charge in [0, 0.05) is 6.04 Å². The van der Waals surface area contributed by atoms with E-state index in [1.165, 1.54) is 11.1 Å². The van der Waals surface area contributed by atoms with Crippen LogP contribution >= 0.6 is 0 Å². The molecule has 2 aromatic carbocycles. The van der Waals surface area contributed by atoms with Gasteiger partial charge in [-0.25, -0.2) is 0 Å². The number of hydrogen-bond acceptors (Lipinski definition) is 2. The summed E-state index contributed by atoms with van der Waals surface area (Å²) in [6, 6.07) is 14.6. The largest absolute Gasteiger partial charge is 0.488 e. The van der Waals surface area contributed by atoms with Crippen LogP contribution < -0.4 is 10.5 Å². The molecule has 2 N–H and O–H groups in total. The molecule has 0 aromatic heterocycles. The molecule has 2 rings (SSSR count). The lowest BCUT2D eigenvalue weighted by molar-refractivity contribution is 0.302. The fourth-order valence-electron chi connectivity index (χ4n) is 2.62. The summed E-state index contributed by atoms with van der Waals surface area (Å²) in [7, 11) is 0. The van der Waals surface area contributed by atoms with E-state index in [1.54, 1.807) is 0 Å². The zero-order chi connectivity index (χ0) is 15.9. The summed E-state index contributed by atoms with van der Waals surface area (Å²) in [6.07, 6.45) is 3.77. The Morgan fingerprint density at radius 2 is 1.77 bits per heavy atom. The van der Waals surface area contributed by atoms with E-state index in [2.05, 4.69) is 44.7 Å². The van der Waals surface area contributed by atoms with Crippen molar-refractivity contribution in [3.8, 4) is 5.75 Å². The second kappa shape index (κ2) is 7.81. The van der Waals surface area contributed by atoms with E-state index < -0.39 is 0 Å². The van der Waals surface area contributed by atoms with E-state index in [4.69, 9.17) is 10.5 Å². The quantitative estimate of drug-likeness (QED) is 0.741. The Kier molecular flexibility index (Phi) is 5.79. The van der Waals surface area contributed by atoms with Crippen LogP contribution in [0, 0.1) is 13.8 Å². The van der Waals surface area contributed by atoms with Crippen LogP contribution in [0.4, 0.5) is 0 Å². The maximum absolute atomic E-state index is 6.25. The van der Waals surface area contributed by atoms with Crippen molar-refractivity contribution >= 4 is 0 Å². The number of allylic oxidation sites excluding steroid dienone is 1. The third kappa shape index (κ3) is 4.22. The maximum Gasteiger partial charge on any atom is 0.125 e. The molecule has 0 saturated carbocycles. The van der Waals surface area contributed by atoms with Crippen LogP contribution in [0.2, 0.25) is 0 Å². The summed E-state index contributed by atoms with van der Waals surface area (Å²) >= 11 is 0. The number of hydrogen-bond donors (Lipinski definition) is 1. The van der Waals surface area contributed by atoms with Crippen molar-refractivity contribution in [1.82, 2.24) is 0 Å². The Balaban J connectivity index is 2.11. The SMILES string of the molecule is C=CCC[C@H](N)c1cc(C)c(OCc2ccccc2)c(C)c1. The van der Waals surface area contributed by atoms with E-state index in [0.717, 1.165) is 29.7 Å². The molecule has 2 nitrogen and oxygen atoms in total. The van der Waals surface area contributed by atoms with Gasteiger partial charge < -0.3 is 10.5 Å². The molecule has 0 unspecified atom stereocenters. The average molecular weight is 295 g/mol. The highest BCUT2D eigenvalue weighted by molar-refractivity contribution is 5.44. The molecular weight excluding hydrogens is 270 g/mol. The summed E-state index contributed by atoms with van der Waals surface area (Å²) in [4.78, 5) is 0. The van der Waals surface area contributed by atoms with Crippen molar-refractivity contribution in [2.45, 2.75) is 39.3 Å². The van der Waals surface area contributed by atoms with Gasteiger partial charge in [-0.05, 0) is 48.9 Å². The smallest absolute Gasteiger partial charge is 0.125 e. The molecule has 116 valence electrons. The van der Waals surface area contributed by atoms with Gasteiger partial charge in [0.25, 0.3) is 0 Å². The number of nitrogens with two attached hydrogens (primary N) is 1. The number of benzene rings is 2. The number of aryl methyl sites for hydroxylation is 2. The monoisotopic (exact) mass is 295 g/mol. The molecular formula is C20H25NO.